The van der Waals surface area contributed by atoms with Gasteiger partial charge in [-0.2, -0.15) is 0 Å². The van der Waals surface area contributed by atoms with Crippen LogP contribution in [-0.2, 0) is 4.79 Å². The summed E-state index contributed by atoms with van der Waals surface area (Å²) in [5, 5.41) is 0. The van der Waals surface area contributed by atoms with Gasteiger partial charge in [-0.05, 0) is 66.9 Å². The molecule has 2 aliphatic rings. The van der Waals surface area contributed by atoms with Gasteiger partial charge >= 0.3 is 0 Å². The maximum absolute atomic E-state index is 13.6. The number of carbonyl (C=O) groups excluding carboxylic acids is 3. The molecule has 0 saturated carbocycles. The second kappa shape index (κ2) is 6.87. The summed E-state index contributed by atoms with van der Waals surface area (Å²) in [6, 6.07) is 16.6. The van der Waals surface area contributed by atoms with E-state index in [1.54, 1.807) is 41.3 Å². The first-order valence-electron chi connectivity index (χ1n) is 10.0. The fourth-order valence-electron chi connectivity index (χ4n) is 4.55. The van der Waals surface area contributed by atoms with Crippen LogP contribution < -0.4 is 4.90 Å². The summed E-state index contributed by atoms with van der Waals surface area (Å²) < 4.78 is 13.6. The van der Waals surface area contributed by atoms with Crippen molar-refractivity contribution in [2.24, 2.45) is 0 Å². The number of fused-ring (bicyclic) bond motifs is 1. The molecule has 0 aliphatic carbocycles. The van der Waals surface area contributed by atoms with E-state index >= 15 is 0 Å². The Morgan fingerprint density at radius 3 is 1.81 bits per heavy atom. The second-order valence-electron chi connectivity index (χ2n) is 8.02. The lowest BCUT2D eigenvalue weighted by Crippen LogP contribution is -2.67. The molecule has 3 amide bonds. The average molecular weight is 414 g/mol. The van der Waals surface area contributed by atoms with Crippen LogP contribution in [0, 0.1) is 19.7 Å². The summed E-state index contributed by atoms with van der Waals surface area (Å²) in [7, 11) is 0. The predicted octanol–water partition coefficient (Wildman–Crippen LogP) is 4.20. The summed E-state index contributed by atoms with van der Waals surface area (Å²) in [4.78, 5) is 42.1. The van der Waals surface area contributed by atoms with E-state index in [2.05, 4.69) is 0 Å². The van der Waals surface area contributed by atoms with E-state index in [1.165, 1.54) is 12.1 Å². The zero-order valence-electron chi connectivity index (χ0n) is 17.0. The Balaban J connectivity index is 1.61. The third kappa shape index (κ3) is 2.86. The third-order valence-electron chi connectivity index (χ3n) is 5.87. The largest absolute Gasteiger partial charge is 0.300 e. The molecule has 1 saturated heterocycles. The first-order valence-corrected chi connectivity index (χ1v) is 10.0. The Morgan fingerprint density at radius 1 is 0.710 bits per heavy atom. The zero-order valence-corrected chi connectivity index (χ0v) is 17.0. The molecule has 154 valence electrons. The number of carbonyl (C=O) groups is 3. The molecule has 5 rings (SSSR count). The number of aryl methyl sites for hydroxylation is 2. The van der Waals surface area contributed by atoms with Crippen LogP contribution in [0.15, 0.2) is 66.7 Å². The van der Waals surface area contributed by atoms with Crippen LogP contribution in [0.2, 0.25) is 0 Å². The van der Waals surface area contributed by atoms with E-state index in [1.807, 2.05) is 32.0 Å². The number of hydrogen-bond acceptors (Lipinski definition) is 3. The fraction of sp³-hybridized carbons (Fsp3) is 0.160. The van der Waals surface area contributed by atoms with Crippen molar-refractivity contribution in [3.8, 4) is 0 Å². The highest BCUT2D eigenvalue weighted by atomic mass is 19.1. The number of benzene rings is 3. The van der Waals surface area contributed by atoms with Gasteiger partial charge in [-0.1, -0.05) is 30.3 Å². The molecule has 1 fully saturated rings. The number of rotatable bonds is 3. The smallest absolute Gasteiger partial charge is 0.262 e. The molecule has 0 N–H and O–H groups in total. The van der Waals surface area contributed by atoms with Crippen LogP contribution in [0.4, 0.5) is 10.1 Å². The normalized spacial score (nSPS) is 20.2. The summed E-state index contributed by atoms with van der Waals surface area (Å²) in [6.45, 7) is 3.88. The Bertz CT molecular complexity index is 1200. The number of anilines is 1. The molecule has 31 heavy (non-hydrogen) atoms. The van der Waals surface area contributed by atoms with E-state index in [-0.39, 0.29) is 5.91 Å². The topological polar surface area (TPSA) is 57.7 Å². The molecule has 3 aromatic rings. The summed E-state index contributed by atoms with van der Waals surface area (Å²) in [6.07, 6.45) is 0. The molecule has 5 nitrogen and oxygen atoms in total. The highest BCUT2D eigenvalue weighted by Crippen LogP contribution is 2.44. The van der Waals surface area contributed by atoms with Crippen LogP contribution in [0.3, 0.4) is 0 Å². The molecular weight excluding hydrogens is 395 g/mol. The van der Waals surface area contributed by atoms with Gasteiger partial charge in [0.05, 0.1) is 17.2 Å². The summed E-state index contributed by atoms with van der Waals surface area (Å²) >= 11 is 0. The number of hydrogen-bond donors (Lipinski definition) is 0. The molecule has 0 bridgehead atoms. The molecule has 2 aliphatic heterocycles. The Morgan fingerprint density at radius 2 is 1.26 bits per heavy atom. The molecule has 6 heteroatoms. The predicted molar refractivity (Wildman–Crippen MR) is 113 cm³/mol. The van der Waals surface area contributed by atoms with E-state index in [9.17, 15) is 18.8 Å². The van der Waals surface area contributed by atoms with E-state index in [0.29, 0.717) is 22.4 Å². The minimum absolute atomic E-state index is 0.294. The quantitative estimate of drug-likeness (QED) is 0.477. The lowest BCUT2D eigenvalue weighted by atomic mass is 9.86. The van der Waals surface area contributed by atoms with Crippen LogP contribution >= 0.6 is 0 Å². The number of β-lactam (4-membered cyclic amide) rings is 1. The van der Waals surface area contributed by atoms with Gasteiger partial charge in [0, 0.05) is 5.69 Å². The van der Waals surface area contributed by atoms with E-state index in [0.717, 1.165) is 16.0 Å². The van der Waals surface area contributed by atoms with Gasteiger partial charge in [0.2, 0.25) is 0 Å². The van der Waals surface area contributed by atoms with Gasteiger partial charge in [0.1, 0.15) is 11.9 Å². The molecule has 0 spiro atoms. The Hall–Kier alpha value is -3.80. The van der Waals surface area contributed by atoms with Crippen LogP contribution in [0.5, 0.6) is 0 Å². The van der Waals surface area contributed by atoms with Crippen molar-refractivity contribution < 1.29 is 18.8 Å². The number of amides is 3. The van der Waals surface area contributed by atoms with Crippen molar-refractivity contribution in [2.75, 3.05) is 4.90 Å². The van der Waals surface area contributed by atoms with Crippen molar-refractivity contribution >= 4 is 23.4 Å². The minimum Gasteiger partial charge on any atom is -0.300 e. The van der Waals surface area contributed by atoms with Crippen molar-refractivity contribution in [3.63, 3.8) is 0 Å². The first-order chi connectivity index (χ1) is 14.9. The number of nitrogens with zero attached hydrogens (tertiary/aromatic N) is 2. The van der Waals surface area contributed by atoms with E-state index < -0.39 is 29.7 Å². The van der Waals surface area contributed by atoms with Gasteiger partial charge in [-0.15, -0.1) is 0 Å². The van der Waals surface area contributed by atoms with Gasteiger partial charge in [-0.25, -0.2) is 4.39 Å². The van der Waals surface area contributed by atoms with Gasteiger partial charge < -0.3 is 4.90 Å². The standard InChI is InChI=1S/C25H19FN2O3/c1-14-11-15(2)13-18(12-14)27-21(16-7-9-17(26)10-8-16)22(25(27)31)28-23(29)19-5-3-4-6-20(19)24(28)30/h3-13,21-22H,1-2H3/t21-,22+/m0/s1. The second-order valence-corrected chi connectivity index (χ2v) is 8.02. The van der Waals surface area contributed by atoms with Crippen molar-refractivity contribution in [1.29, 1.82) is 0 Å². The number of imide groups is 1. The SMILES string of the molecule is Cc1cc(C)cc(N2C(=O)[C@H](N3C(=O)c4ccccc4C3=O)[C@@H]2c2ccc(F)cc2)c1. The molecule has 3 aromatic carbocycles. The van der Waals surface area contributed by atoms with Gasteiger partial charge in [0.15, 0.2) is 0 Å². The fourth-order valence-corrected chi connectivity index (χ4v) is 4.55. The Kier molecular flexibility index (Phi) is 4.25. The van der Waals surface area contributed by atoms with Crippen molar-refractivity contribution in [3.05, 3.63) is 100 Å². The third-order valence-corrected chi connectivity index (χ3v) is 5.87. The molecule has 0 radical (unpaired) electrons. The first kappa shape index (κ1) is 19.2. The molecule has 2 atom stereocenters. The average Bonchev–Trinajstić information content (AvgIpc) is 2.98. The maximum Gasteiger partial charge on any atom is 0.262 e. The van der Waals surface area contributed by atoms with E-state index in [4.69, 9.17) is 0 Å². The van der Waals surface area contributed by atoms with Gasteiger partial charge in [0.25, 0.3) is 17.7 Å². The molecule has 2 heterocycles. The van der Waals surface area contributed by atoms with Crippen molar-refractivity contribution in [1.82, 2.24) is 4.90 Å². The monoisotopic (exact) mass is 414 g/mol. The lowest BCUT2D eigenvalue weighted by Gasteiger charge is -2.50. The molecule has 0 unspecified atom stereocenters. The zero-order chi connectivity index (χ0) is 21.9. The van der Waals surface area contributed by atoms with Gasteiger partial charge in [-0.3, -0.25) is 19.3 Å². The highest BCUT2D eigenvalue weighted by molar-refractivity contribution is 6.24. The Labute approximate surface area is 178 Å². The molecular formula is C25H19FN2O3. The number of halogens is 1. The summed E-state index contributed by atoms with van der Waals surface area (Å²) in [5.41, 5.74) is 3.91. The van der Waals surface area contributed by atoms with Crippen LogP contribution in [0.1, 0.15) is 43.4 Å². The highest BCUT2D eigenvalue weighted by Gasteiger charge is 2.57. The van der Waals surface area contributed by atoms with Crippen LogP contribution in [-0.4, -0.2) is 28.7 Å². The van der Waals surface area contributed by atoms with Crippen LogP contribution in [0.25, 0.3) is 0 Å². The summed E-state index contributed by atoms with van der Waals surface area (Å²) in [5.74, 6) is -1.70. The minimum atomic E-state index is -0.987. The maximum atomic E-state index is 13.6. The lowest BCUT2D eigenvalue weighted by molar-refractivity contribution is -0.130. The van der Waals surface area contributed by atoms with Crippen molar-refractivity contribution in [2.45, 2.75) is 25.9 Å². The molecule has 0 aromatic heterocycles.